The largest absolute Gasteiger partial charge is 0.300 e. The van der Waals surface area contributed by atoms with E-state index in [0.717, 1.165) is 19.3 Å². The molecule has 1 aliphatic carbocycles. The number of thiophene rings is 1. The third kappa shape index (κ3) is 1.94. The molecule has 0 aliphatic heterocycles. The summed E-state index contributed by atoms with van der Waals surface area (Å²) in [5.41, 5.74) is 0. The van der Waals surface area contributed by atoms with Crippen LogP contribution in [0.3, 0.4) is 0 Å². The van der Waals surface area contributed by atoms with Gasteiger partial charge < -0.3 is 0 Å². The summed E-state index contributed by atoms with van der Waals surface area (Å²) in [6.45, 7) is 2.25. The van der Waals surface area contributed by atoms with Gasteiger partial charge >= 0.3 is 0 Å². The van der Waals surface area contributed by atoms with Gasteiger partial charge in [0.25, 0.3) is 0 Å². The second-order valence-electron chi connectivity index (χ2n) is 4.00. The van der Waals surface area contributed by atoms with E-state index in [1.54, 1.807) is 11.3 Å². The van der Waals surface area contributed by atoms with Gasteiger partial charge in [0.15, 0.2) is 0 Å². The number of carbonyl (C=O) groups excluding carboxylic acids is 1. The quantitative estimate of drug-likeness (QED) is 0.756. The molecule has 1 aromatic heterocycles. The maximum atomic E-state index is 11.4. The molecule has 1 aliphatic rings. The molecule has 3 heteroatoms. The minimum Gasteiger partial charge on any atom is -0.300 e. The Morgan fingerprint density at radius 3 is 3.00 bits per heavy atom. The van der Waals surface area contributed by atoms with Crippen LogP contribution in [0.5, 0.6) is 0 Å². The molecule has 0 saturated heterocycles. The first-order valence-electron chi connectivity index (χ1n) is 4.93. The fraction of sp³-hybridized carbons (Fsp3) is 0.545. The van der Waals surface area contributed by atoms with E-state index in [0.29, 0.717) is 17.6 Å². The Balaban J connectivity index is 2.24. The second kappa shape index (κ2) is 4.15. The van der Waals surface area contributed by atoms with Crippen LogP contribution < -0.4 is 0 Å². The van der Waals surface area contributed by atoms with E-state index in [9.17, 15) is 4.79 Å². The summed E-state index contributed by atoms with van der Waals surface area (Å²) >= 11 is 5.31. The van der Waals surface area contributed by atoms with Crippen molar-refractivity contribution in [2.45, 2.75) is 32.1 Å². The third-order valence-corrected chi connectivity index (χ3v) is 5.00. The van der Waals surface area contributed by atoms with E-state index in [1.165, 1.54) is 9.35 Å². The molecule has 1 nitrogen and oxygen atoms in total. The first-order chi connectivity index (χ1) is 6.68. The number of Topliss-reactive ketones (excluding diaryl/α,β-unsaturated/α-hetero) is 1. The zero-order valence-electron chi connectivity index (χ0n) is 8.13. The predicted molar refractivity (Wildman–Crippen MR) is 62.8 cm³/mol. The van der Waals surface area contributed by atoms with Gasteiger partial charge in [0.05, 0.1) is 0 Å². The molecular formula is C11H13BrOS. The molecule has 1 saturated carbocycles. The molecule has 0 N–H and O–H groups in total. The summed E-state index contributed by atoms with van der Waals surface area (Å²) in [4.78, 5) is 12.8. The molecule has 2 atom stereocenters. The van der Waals surface area contributed by atoms with Crippen molar-refractivity contribution in [1.82, 2.24) is 0 Å². The molecule has 0 radical (unpaired) electrons. The maximum Gasteiger partial charge on any atom is 0.133 e. The topological polar surface area (TPSA) is 17.1 Å². The fourth-order valence-corrected chi connectivity index (χ4v) is 3.96. The maximum absolute atomic E-state index is 11.4. The smallest absolute Gasteiger partial charge is 0.133 e. The molecule has 14 heavy (non-hydrogen) atoms. The standard InChI is InChI=1S/C11H13BrOS/c1-7-2-3-8(13)6-9(7)11-10(12)4-5-14-11/h4-5,7,9H,2-3,6H2,1H3. The van der Waals surface area contributed by atoms with Crippen LogP contribution in [-0.4, -0.2) is 5.78 Å². The fourth-order valence-electron chi connectivity index (χ4n) is 2.06. The van der Waals surface area contributed by atoms with Crippen LogP contribution in [0.25, 0.3) is 0 Å². The number of carbonyl (C=O) groups is 1. The van der Waals surface area contributed by atoms with Gasteiger partial charge in [0.1, 0.15) is 5.78 Å². The van der Waals surface area contributed by atoms with Crippen molar-refractivity contribution in [1.29, 1.82) is 0 Å². The number of hydrogen-bond donors (Lipinski definition) is 0. The lowest BCUT2D eigenvalue weighted by atomic mass is 9.79. The van der Waals surface area contributed by atoms with Crippen molar-refractivity contribution in [2.24, 2.45) is 5.92 Å². The number of hydrogen-bond acceptors (Lipinski definition) is 2. The highest BCUT2D eigenvalue weighted by Gasteiger charge is 2.29. The Hall–Kier alpha value is -0.150. The van der Waals surface area contributed by atoms with Crippen molar-refractivity contribution in [3.8, 4) is 0 Å². The lowest BCUT2D eigenvalue weighted by Gasteiger charge is -2.27. The molecule has 1 heterocycles. The SMILES string of the molecule is CC1CCC(=O)CC1c1sccc1Br. The Labute approximate surface area is 96.6 Å². The molecule has 0 spiro atoms. The van der Waals surface area contributed by atoms with Gasteiger partial charge in [-0.25, -0.2) is 0 Å². The van der Waals surface area contributed by atoms with Crippen molar-refractivity contribution >= 4 is 33.0 Å². The van der Waals surface area contributed by atoms with Crippen LogP contribution in [0.2, 0.25) is 0 Å². The van der Waals surface area contributed by atoms with Gasteiger partial charge in [-0.15, -0.1) is 11.3 Å². The Morgan fingerprint density at radius 1 is 1.57 bits per heavy atom. The summed E-state index contributed by atoms with van der Waals surface area (Å²) in [7, 11) is 0. The zero-order chi connectivity index (χ0) is 10.1. The Bertz CT molecular complexity index is 345. The van der Waals surface area contributed by atoms with E-state index in [2.05, 4.69) is 34.3 Å². The molecule has 2 unspecified atom stereocenters. The summed E-state index contributed by atoms with van der Waals surface area (Å²) in [6, 6.07) is 2.08. The lowest BCUT2D eigenvalue weighted by molar-refractivity contribution is -0.121. The number of ketones is 1. The van der Waals surface area contributed by atoms with Gasteiger partial charge in [-0.05, 0) is 39.7 Å². The molecular weight excluding hydrogens is 260 g/mol. The molecule has 0 amide bonds. The first-order valence-corrected chi connectivity index (χ1v) is 6.60. The third-order valence-electron chi connectivity index (χ3n) is 2.99. The predicted octanol–water partition coefficient (Wildman–Crippen LogP) is 3.98. The first kappa shape index (κ1) is 10.4. The molecule has 2 rings (SSSR count). The van der Waals surface area contributed by atoms with Gasteiger partial charge in [-0.1, -0.05) is 6.92 Å². The summed E-state index contributed by atoms with van der Waals surface area (Å²) in [5, 5.41) is 2.09. The number of halogens is 1. The molecule has 0 aromatic carbocycles. The highest BCUT2D eigenvalue weighted by molar-refractivity contribution is 9.10. The van der Waals surface area contributed by atoms with Gasteiger partial charge in [-0.3, -0.25) is 4.79 Å². The number of rotatable bonds is 1. The minimum atomic E-state index is 0.424. The average Bonchev–Trinajstić information content (AvgIpc) is 2.56. The highest BCUT2D eigenvalue weighted by Crippen LogP contribution is 2.41. The lowest BCUT2D eigenvalue weighted by Crippen LogP contribution is -2.20. The van der Waals surface area contributed by atoms with Gasteiger partial charge in [0.2, 0.25) is 0 Å². The molecule has 76 valence electrons. The highest BCUT2D eigenvalue weighted by atomic mass is 79.9. The van der Waals surface area contributed by atoms with Crippen LogP contribution in [0.4, 0.5) is 0 Å². The zero-order valence-corrected chi connectivity index (χ0v) is 10.5. The minimum absolute atomic E-state index is 0.424. The second-order valence-corrected chi connectivity index (χ2v) is 5.80. The van der Waals surface area contributed by atoms with E-state index < -0.39 is 0 Å². The van der Waals surface area contributed by atoms with Crippen LogP contribution in [0.15, 0.2) is 15.9 Å². The van der Waals surface area contributed by atoms with E-state index in [1.807, 2.05) is 0 Å². The van der Waals surface area contributed by atoms with Crippen molar-refractivity contribution in [2.75, 3.05) is 0 Å². The average molecular weight is 273 g/mol. The van der Waals surface area contributed by atoms with Crippen LogP contribution in [-0.2, 0) is 4.79 Å². The van der Waals surface area contributed by atoms with E-state index >= 15 is 0 Å². The van der Waals surface area contributed by atoms with E-state index in [-0.39, 0.29) is 0 Å². The van der Waals surface area contributed by atoms with E-state index in [4.69, 9.17) is 0 Å². The summed E-state index contributed by atoms with van der Waals surface area (Å²) in [6.07, 6.45) is 2.56. The van der Waals surface area contributed by atoms with Crippen molar-refractivity contribution < 1.29 is 4.79 Å². The van der Waals surface area contributed by atoms with Crippen LogP contribution in [0.1, 0.15) is 37.0 Å². The monoisotopic (exact) mass is 272 g/mol. The Kier molecular flexibility index (Phi) is 3.07. The molecule has 1 fully saturated rings. The normalized spacial score (nSPS) is 28.0. The van der Waals surface area contributed by atoms with Crippen LogP contribution >= 0.6 is 27.3 Å². The van der Waals surface area contributed by atoms with Gasteiger partial charge in [0, 0.05) is 28.1 Å². The molecule has 1 aromatic rings. The summed E-state index contributed by atoms with van der Waals surface area (Å²) in [5.74, 6) is 1.52. The Morgan fingerprint density at radius 2 is 2.36 bits per heavy atom. The summed E-state index contributed by atoms with van der Waals surface area (Å²) < 4.78 is 1.18. The molecule has 0 bridgehead atoms. The van der Waals surface area contributed by atoms with Crippen LogP contribution in [0, 0.1) is 5.92 Å². The van der Waals surface area contributed by atoms with Crippen molar-refractivity contribution in [3.63, 3.8) is 0 Å². The van der Waals surface area contributed by atoms with Gasteiger partial charge in [-0.2, -0.15) is 0 Å². The van der Waals surface area contributed by atoms with Crippen molar-refractivity contribution in [3.05, 3.63) is 20.8 Å².